The number of aliphatic hydroxyl groups excluding tert-OH is 2. The van der Waals surface area contributed by atoms with Gasteiger partial charge < -0.3 is 15.1 Å². The molecule has 2 atom stereocenters. The predicted molar refractivity (Wildman–Crippen MR) is 74.7 cm³/mol. The normalized spacial score (nSPS) is 21.2. The summed E-state index contributed by atoms with van der Waals surface area (Å²) in [5.74, 6) is 0. The monoisotopic (exact) mass is 258 g/mol. The smallest absolute Gasteiger partial charge is 0.0639 e. The summed E-state index contributed by atoms with van der Waals surface area (Å²) in [7, 11) is 0. The zero-order valence-corrected chi connectivity index (χ0v) is 12.0. The van der Waals surface area contributed by atoms with Gasteiger partial charge in [0.25, 0.3) is 0 Å². The second-order valence-electron chi connectivity index (χ2n) is 5.71. The first-order valence-corrected chi connectivity index (χ1v) is 7.38. The molecule has 1 aliphatic heterocycles. The molecule has 1 aliphatic rings. The van der Waals surface area contributed by atoms with Gasteiger partial charge >= 0.3 is 0 Å². The minimum absolute atomic E-state index is 0.321. The molecule has 1 fully saturated rings. The maximum atomic E-state index is 9.45. The van der Waals surface area contributed by atoms with E-state index in [1.807, 2.05) is 0 Å². The Kier molecular flexibility index (Phi) is 7.82. The van der Waals surface area contributed by atoms with Crippen molar-refractivity contribution in [2.24, 2.45) is 0 Å². The molecule has 2 N–H and O–H groups in total. The van der Waals surface area contributed by atoms with Crippen LogP contribution >= 0.6 is 0 Å². The van der Waals surface area contributed by atoms with Crippen LogP contribution in [0.2, 0.25) is 0 Å². The third kappa shape index (κ3) is 7.31. The number of rotatable bonds is 8. The second-order valence-corrected chi connectivity index (χ2v) is 5.71. The second kappa shape index (κ2) is 8.86. The van der Waals surface area contributed by atoms with Crippen LogP contribution in [0.25, 0.3) is 0 Å². The average molecular weight is 258 g/mol. The summed E-state index contributed by atoms with van der Waals surface area (Å²) in [6.45, 7) is 9.52. The zero-order chi connectivity index (χ0) is 13.4. The van der Waals surface area contributed by atoms with Gasteiger partial charge in [-0.15, -0.1) is 0 Å². The number of hydrogen-bond acceptors (Lipinski definition) is 4. The molecule has 0 radical (unpaired) electrons. The van der Waals surface area contributed by atoms with E-state index >= 15 is 0 Å². The van der Waals surface area contributed by atoms with Crippen LogP contribution in [0.4, 0.5) is 0 Å². The SMILES string of the molecule is CC(O)CN(CCCN1CCCCC1)CC(C)O. The average Bonchev–Trinajstić information content (AvgIpc) is 2.28. The summed E-state index contributed by atoms with van der Waals surface area (Å²) in [6, 6.07) is 0. The number of likely N-dealkylation sites (tertiary alicyclic amines) is 1. The van der Waals surface area contributed by atoms with Crippen molar-refractivity contribution < 1.29 is 10.2 Å². The minimum atomic E-state index is -0.321. The van der Waals surface area contributed by atoms with Crippen molar-refractivity contribution in [2.45, 2.75) is 51.7 Å². The van der Waals surface area contributed by atoms with E-state index in [-0.39, 0.29) is 12.2 Å². The molecule has 2 unspecified atom stereocenters. The van der Waals surface area contributed by atoms with Gasteiger partial charge in [0.05, 0.1) is 12.2 Å². The summed E-state index contributed by atoms with van der Waals surface area (Å²) in [5.41, 5.74) is 0. The lowest BCUT2D eigenvalue weighted by Crippen LogP contribution is -2.39. The highest BCUT2D eigenvalue weighted by atomic mass is 16.3. The van der Waals surface area contributed by atoms with Crippen LogP contribution in [-0.4, -0.2) is 71.5 Å². The molecule has 1 rings (SSSR count). The zero-order valence-electron chi connectivity index (χ0n) is 12.0. The Labute approximate surface area is 112 Å². The number of aliphatic hydroxyl groups is 2. The van der Waals surface area contributed by atoms with Crippen LogP contribution in [0.5, 0.6) is 0 Å². The van der Waals surface area contributed by atoms with Crippen molar-refractivity contribution in [2.75, 3.05) is 39.3 Å². The third-order valence-electron chi connectivity index (χ3n) is 3.44. The molecule has 108 valence electrons. The van der Waals surface area contributed by atoms with Crippen LogP contribution in [-0.2, 0) is 0 Å². The van der Waals surface area contributed by atoms with Crippen molar-refractivity contribution in [3.05, 3.63) is 0 Å². The molecule has 18 heavy (non-hydrogen) atoms. The van der Waals surface area contributed by atoms with Crippen LogP contribution in [0.3, 0.4) is 0 Å². The van der Waals surface area contributed by atoms with E-state index in [1.165, 1.54) is 32.4 Å². The van der Waals surface area contributed by atoms with E-state index in [0.29, 0.717) is 13.1 Å². The summed E-state index contributed by atoms with van der Waals surface area (Å²) in [6.07, 6.45) is 4.54. The van der Waals surface area contributed by atoms with Gasteiger partial charge in [0.15, 0.2) is 0 Å². The fraction of sp³-hybridized carbons (Fsp3) is 1.00. The van der Waals surface area contributed by atoms with Crippen LogP contribution < -0.4 is 0 Å². The molecule has 0 aliphatic carbocycles. The largest absolute Gasteiger partial charge is 0.392 e. The van der Waals surface area contributed by atoms with E-state index in [4.69, 9.17) is 0 Å². The van der Waals surface area contributed by atoms with E-state index in [2.05, 4.69) is 9.80 Å². The van der Waals surface area contributed by atoms with Crippen molar-refractivity contribution in [3.63, 3.8) is 0 Å². The Bertz CT molecular complexity index is 194. The van der Waals surface area contributed by atoms with E-state index < -0.39 is 0 Å². The van der Waals surface area contributed by atoms with Gasteiger partial charge in [0.1, 0.15) is 0 Å². The fourth-order valence-corrected chi connectivity index (χ4v) is 2.71. The Morgan fingerprint density at radius 1 is 1.00 bits per heavy atom. The Morgan fingerprint density at radius 2 is 1.56 bits per heavy atom. The standard InChI is InChI=1S/C14H30N2O2/c1-13(17)11-16(12-14(2)18)10-6-9-15-7-4-3-5-8-15/h13-14,17-18H,3-12H2,1-2H3. The summed E-state index contributed by atoms with van der Waals surface area (Å²) in [4.78, 5) is 4.70. The topological polar surface area (TPSA) is 46.9 Å². The molecule has 0 spiro atoms. The van der Waals surface area contributed by atoms with Gasteiger partial charge in [-0.05, 0) is 59.3 Å². The lowest BCUT2D eigenvalue weighted by Gasteiger charge is -2.29. The maximum absolute atomic E-state index is 9.45. The minimum Gasteiger partial charge on any atom is -0.392 e. The first-order valence-electron chi connectivity index (χ1n) is 7.38. The molecular weight excluding hydrogens is 228 g/mol. The van der Waals surface area contributed by atoms with Gasteiger partial charge in [-0.2, -0.15) is 0 Å². The molecule has 0 saturated carbocycles. The molecule has 0 bridgehead atoms. The summed E-state index contributed by atoms with van der Waals surface area (Å²) in [5, 5.41) is 18.9. The highest BCUT2D eigenvalue weighted by Crippen LogP contribution is 2.09. The molecule has 1 saturated heterocycles. The van der Waals surface area contributed by atoms with Crippen molar-refractivity contribution >= 4 is 0 Å². The first-order chi connectivity index (χ1) is 8.58. The molecule has 4 nitrogen and oxygen atoms in total. The molecule has 0 amide bonds. The predicted octanol–water partition coefficient (Wildman–Crippen LogP) is 0.926. The molecule has 0 aromatic rings. The first kappa shape index (κ1) is 15.9. The molecule has 1 heterocycles. The third-order valence-corrected chi connectivity index (χ3v) is 3.44. The van der Waals surface area contributed by atoms with E-state index in [1.54, 1.807) is 13.8 Å². The number of nitrogens with zero attached hydrogens (tertiary/aromatic N) is 2. The fourth-order valence-electron chi connectivity index (χ4n) is 2.71. The van der Waals surface area contributed by atoms with Gasteiger partial charge in [-0.25, -0.2) is 0 Å². The van der Waals surface area contributed by atoms with Gasteiger partial charge in [-0.3, -0.25) is 4.90 Å². The van der Waals surface area contributed by atoms with Crippen molar-refractivity contribution in [3.8, 4) is 0 Å². The highest BCUT2D eigenvalue weighted by molar-refractivity contribution is 4.68. The maximum Gasteiger partial charge on any atom is 0.0639 e. The van der Waals surface area contributed by atoms with E-state index in [0.717, 1.165) is 19.5 Å². The van der Waals surface area contributed by atoms with Gasteiger partial charge in [-0.1, -0.05) is 6.42 Å². The van der Waals surface area contributed by atoms with E-state index in [9.17, 15) is 10.2 Å². The van der Waals surface area contributed by atoms with Crippen LogP contribution in [0.1, 0.15) is 39.5 Å². The molecular formula is C14H30N2O2. The molecule has 0 aromatic heterocycles. The van der Waals surface area contributed by atoms with Crippen molar-refractivity contribution in [1.82, 2.24) is 9.80 Å². The Morgan fingerprint density at radius 3 is 2.06 bits per heavy atom. The Balaban J connectivity index is 2.18. The van der Waals surface area contributed by atoms with Crippen LogP contribution in [0.15, 0.2) is 0 Å². The number of piperidine rings is 1. The highest BCUT2D eigenvalue weighted by Gasteiger charge is 2.13. The summed E-state index contributed by atoms with van der Waals surface area (Å²) < 4.78 is 0. The lowest BCUT2D eigenvalue weighted by molar-refractivity contribution is 0.0800. The van der Waals surface area contributed by atoms with Gasteiger partial charge in [0.2, 0.25) is 0 Å². The molecule has 4 heteroatoms. The van der Waals surface area contributed by atoms with Gasteiger partial charge in [0, 0.05) is 13.1 Å². The van der Waals surface area contributed by atoms with Crippen molar-refractivity contribution in [1.29, 1.82) is 0 Å². The summed E-state index contributed by atoms with van der Waals surface area (Å²) >= 11 is 0. The Hall–Kier alpha value is -0.160. The molecule has 0 aromatic carbocycles. The lowest BCUT2D eigenvalue weighted by atomic mass is 10.1. The van der Waals surface area contributed by atoms with Crippen LogP contribution in [0, 0.1) is 0 Å². The quantitative estimate of drug-likeness (QED) is 0.680. The number of hydrogen-bond donors (Lipinski definition) is 2.